The Morgan fingerprint density at radius 3 is 2.37 bits per heavy atom. The van der Waals surface area contributed by atoms with Gasteiger partial charge in [0.1, 0.15) is 11.5 Å². The SMILES string of the molecule is CN(CCCCc1ccccc1)C(=O)c1cnn(-c2ccccc2F)c1C(F)(F)F. The van der Waals surface area contributed by atoms with Gasteiger partial charge in [0.15, 0.2) is 5.69 Å². The summed E-state index contributed by atoms with van der Waals surface area (Å²) in [5.41, 5.74) is -1.09. The van der Waals surface area contributed by atoms with Gasteiger partial charge in [-0.1, -0.05) is 42.5 Å². The first kappa shape index (κ1) is 21.5. The van der Waals surface area contributed by atoms with Crippen LogP contribution in [0.2, 0.25) is 0 Å². The number of nitrogens with zero attached hydrogens (tertiary/aromatic N) is 3. The molecule has 1 heterocycles. The van der Waals surface area contributed by atoms with Gasteiger partial charge in [-0.25, -0.2) is 9.07 Å². The Kier molecular flexibility index (Phi) is 6.54. The normalized spacial score (nSPS) is 11.5. The molecule has 0 aliphatic carbocycles. The summed E-state index contributed by atoms with van der Waals surface area (Å²) in [4.78, 5) is 13.9. The second kappa shape index (κ2) is 9.11. The Hall–Kier alpha value is -3.16. The van der Waals surface area contributed by atoms with E-state index in [-0.39, 0.29) is 5.69 Å². The van der Waals surface area contributed by atoms with Crippen LogP contribution in [0.4, 0.5) is 17.6 Å². The lowest BCUT2D eigenvalue weighted by Gasteiger charge is -2.18. The predicted octanol–water partition coefficient (Wildman–Crippen LogP) is 5.13. The fourth-order valence-corrected chi connectivity index (χ4v) is 3.21. The molecule has 2 aromatic carbocycles. The van der Waals surface area contributed by atoms with Crippen LogP contribution < -0.4 is 0 Å². The Labute approximate surface area is 171 Å². The van der Waals surface area contributed by atoms with Gasteiger partial charge in [-0.05, 0) is 37.0 Å². The number of hydrogen-bond donors (Lipinski definition) is 0. The number of amides is 1. The third-order valence-electron chi connectivity index (χ3n) is 4.75. The van der Waals surface area contributed by atoms with Crippen LogP contribution in [0.5, 0.6) is 0 Å². The van der Waals surface area contributed by atoms with Gasteiger partial charge in [-0.3, -0.25) is 4.79 Å². The molecule has 0 aliphatic rings. The number of aromatic nitrogens is 2. The van der Waals surface area contributed by atoms with Gasteiger partial charge < -0.3 is 4.90 Å². The van der Waals surface area contributed by atoms with E-state index in [9.17, 15) is 22.4 Å². The highest BCUT2D eigenvalue weighted by atomic mass is 19.4. The second-order valence-corrected chi connectivity index (χ2v) is 6.94. The van der Waals surface area contributed by atoms with E-state index in [0.717, 1.165) is 30.7 Å². The van der Waals surface area contributed by atoms with Crippen LogP contribution in [-0.4, -0.2) is 34.2 Å². The number of para-hydroxylation sites is 1. The molecule has 0 N–H and O–H groups in total. The van der Waals surface area contributed by atoms with Gasteiger partial charge >= 0.3 is 6.18 Å². The molecule has 0 saturated carbocycles. The quantitative estimate of drug-likeness (QED) is 0.394. The maximum absolute atomic E-state index is 14.0. The Bertz CT molecular complexity index is 999. The number of hydrogen-bond acceptors (Lipinski definition) is 2. The van der Waals surface area contributed by atoms with Crippen molar-refractivity contribution >= 4 is 5.91 Å². The van der Waals surface area contributed by atoms with E-state index < -0.39 is 29.2 Å². The van der Waals surface area contributed by atoms with Crippen molar-refractivity contribution in [3.63, 3.8) is 0 Å². The van der Waals surface area contributed by atoms with Crippen molar-refractivity contribution in [1.82, 2.24) is 14.7 Å². The Balaban J connectivity index is 1.74. The highest BCUT2D eigenvalue weighted by Gasteiger charge is 2.41. The van der Waals surface area contributed by atoms with E-state index in [1.165, 1.54) is 30.1 Å². The number of halogens is 4. The van der Waals surface area contributed by atoms with Crippen molar-refractivity contribution in [2.75, 3.05) is 13.6 Å². The summed E-state index contributed by atoms with van der Waals surface area (Å²) in [6, 6.07) is 14.8. The van der Waals surface area contributed by atoms with Crippen LogP contribution in [0.3, 0.4) is 0 Å². The molecule has 1 amide bonds. The standard InChI is InChI=1S/C22H21F4N3O/c1-28(14-8-7-11-16-9-3-2-4-10-16)21(30)17-15-27-29(20(17)22(24,25)26)19-13-6-5-12-18(19)23/h2-6,9-10,12-13,15H,7-8,11,14H2,1H3. The largest absolute Gasteiger partial charge is 0.434 e. The molecule has 0 radical (unpaired) electrons. The molecular weight excluding hydrogens is 398 g/mol. The number of carbonyl (C=O) groups excluding carboxylic acids is 1. The van der Waals surface area contributed by atoms with Crippen LogP contribution in [-0.2, 0) is 12.6 Å². The number of unbranched alkanes of at least 4 members (excludes halogenated alkanes) is 1. The minimum Gasteiger partial charge on any atom is -0.342 e. The van der Waals surface area contributed by atoms with Crippen LogP contribution in [0.25, 0.3) is 5.69 Å². The number of carbonyl (C=O) groups is 1. The molecule has 0 atom stereocenters. The highest BCUT2D eigenvalue weighted by molar-refractivity contribution is 5.95. The molecule has 30 heavy (non-hydrogen) atoms. The van der Waals surface area contributed by atoms with Crippen LogP contribution in [0.15, 0.2) is 60.8 Å². The van der Waals surface area contributed by atoms with Crippen LogP contribution in [0.1, 0.15) is 34.5 Å². The van der Waals surface area contributed by atoms with Crippen molar-refractivity contribution in [3.8, 4) is 5.69 Å². The van der Waals surface area contributed by atoms with E-state index in [1.54, 1.807) is 0 Å². The van der Waals surface area contributed by atoms with Gasteiger partial charge in [-0.15, -0.1) is 0 Å². The van der Waals surface area contributed by atoms with Crippen molar-refractivity contribution in [3.05, 3.63) is 83.4 Å². The lowest BCUT2D eigenvalue weighted by molar-refractivity contribution is -0.143. The number of benzene rings is 2. The lowest BCUT2D eigenvalue weighted by atomic mass is 10.1. The third kappa shape index (κ3) is 4.87. The maximum atomic E-state index is 14.0. The molecule has 0 aliphatic heterocycles. The summed E-state index contributed by atoms with van der Waals surface area (Å²) in [7, 11) is 1.45. The molecule has 0 fully saturated rings. The molecule has 3 rings (SSSR count). The summed E-state index contributed by atoms with van der Waals surface area (Å²) >= 11 is 0. The molecule has 4 nitrogen and oxygen atoms in total. The van der Waals surface area contributed by atoms with E-state index >= 15 is 0 Å². The monoisotopic (exact) mass is 419 g/mol. The zero-order valence-corrected chi connectivity index (χ0v) is 16.4. The maximum Gasteiger partial charge on any atom is 0.434 e. The van der Waals surface area contributed by atoms with Crippen molar-refractivity contribution in [2.45, 2.75) is 25.4 Å². The first-order valence-corrected chi connectivity index (χ1v) is 9.48. The van der Waals surface area contributed by atoms with E-state index in [4.69, 9.17) is 0 Å². The lowest BCUT2D eigenvalue weighted by Crippen LogP contribution is -2.30. The highest BCUT2D eigenvalue weighted by Crippen LogP contribution is 2.34. The summed E-state index contributed by atoms with van der Waals surface area (Å²) < 4.78 is 55.6. The molecule has 0 bridgehead atoms. The number of rotatable bonds is 7. The smallest absolute Gasteiger partial charge is 0.342 e. The second-order valence-electron chi connectivity index (χ2n) is 6.94. The summed E-state index contributed by atoms with van der Waals surface area (Å²) in [6.07, 6.45) is -1.78. The van der Waals surface area contributed by atoms with Crippen molar-refractivity contribution in [2.24, 2.45) is 0 Å². The first-order valence-electron chi connectivity index (χ1n) is 9.48. The molecule has 0 saturated heterocycles. The Morgan fingerprint density at radius 1 is 1.03 bits per heavy atom. The summed E-state index contributed by atoms with van der Waals surface area (Å²) in [5.74, 6) is -1.66. The zero-order valence-electron chi connectivity index (χ0n) is 16.4. The van der Waals surface area contributed by atoms with Crippen LogP contribution >= 0.6 is 0 Å². The molecule has 1 aromatic heterocycles. The van der Waals surface area contributed by atoms with E-state index in [0.29, 0.717) is 17.6 Å². The topological polar surface area (TPSA) is 38.1 Å². The molecule has 8 heteroatoms. The fourth-order valence-electron chi connectivity index (χ4n) is 3.21. The fraction of sp³-hybridized carbons (Fsp3) is 0.273. The van der Waals surface area contributed by atoms with Crippen LogP contribution in [0, 0.1) is 5.82 Å². The molecule has 3 aromatic rings. The minimum absolute atomic E-state index is 0.299. The summed E-state index contributed by atoms with van der Waals surface area (Å²) in [6.45, 7) is 0.299. The zero-order chi connectivity index (χ0) is 21.7. The van der Waals surface area contributed by atoms with E-state index in [1.807, 2.05) is 30.3 Å². The molecule has 0 spiro atoms. The minimum atomic E-state index is -4.88. The van der Waals surface area contributed by atoms with Gasteiger partial charge in [0.25, 0.3) is 5.91 Å². The van der Waals surface area contributed by atoms with Gasteiger partial charge in [0, 0.05) is 13.6 Å². The average molecular weight is 419 g/mol. The summed E-state index contributed by atoms with van der Waals surface area (Å²) in [5, 5.41) is 3.66. The van der Waals surface area contributed by atoms with Gasteiger partial charge in [0.05, 0.1) is 11.8 Å². The van der Waals surface area contributed by atoms with Crippen molar-refractivity contribution < 1.29 is 22.4 Å². The predicted molar refractivity (Wildman–Crippen MR) is 105 cm³/mol. The van der Waals surface area contributed by atoms with Crippen molar-refractivity contribution in [1.29, 1.82) is 0 Å². The van der Waals surface area contributed by atoms with E-state index in [2.05, 4.69) is 5.10 Å². The first-order chi connectivity index (χ1) is 14.3. The number of aryl methyl sites for hydroxylation is 1. The number of alkyl halides is 3. The van der Waals surface area contributed by atoms with Gasteiger partial charge in [0.2, 0.25) is 0 Å². The third-order valence-corrected chi connectivity index (χ3v) is 4.75. The Morgan fingerprint density at radius 2 is 1.70 bits per heavy atom. The molecule has 0 unspecified atom stereocenters. The molecular formula is C22H21F4N3O. The average Bonchev–Trinajstić information content (AvgIpc) is 3.17. The molecule has 158 valence electrons. The van der Waals surface area contributed by atoms with Gasteiger partial charge in [-0.2, -0.15) is 18.3 Å².